The Morgan fingerprint density at radius 2 is 1.92 bits per heavy atom. The zero-order valence-electron chi connectivity index (χ0n) is 14.0. The smallest absolute Gasteiger partial charge is 0.290 e. The molecule has 0 saturated carbocycles. The first-order valence-electron chi connectivity index (χ1n) is 7.41. The summed E-state index contributed by atoms with van der Waals surface area (Å²) in [7, 11) is 3.04. The molecule has 0 spiro atoms. The van der Waals surface area contributed by atoms with Crippen LogP contribution in [0, 0.1) is 11.3 Å². The van der Waals surface area contributed by atoms with Crippen LogP contribution in [0.5, 0.6) is 11.5 Å². The van der Waals surface area contributed by atoms with E-state index in [9.17, 15) is 10.1 Å². The van der Waals surface area contributed by atoms with Crippen LogP contribution < -0.4 is 31.7 Å². The number of aromatic nitrogens is 1. The van der Waals surface area contributed by atoms with E-state index >= 15 is 0 Å². The van der Waals surface area contributed by atoms with Gasteiger partial charge in [0.25, 0.3) is 11.7 Å². The number of hydrogen-bond donors (Lipinski definition) is 3. The van der Waals surface area contributed by atoms with Gasteiger partial charge in [-0.1, -0.05) is 17.4 Å². The number of benzene rings is 1. The first-order valence-corrected chi connectivity index (χ1v) is 8.23. The molecule has 0 fully saturated rings. The Bertz CT molecular complexity index is 1080. The molecule has 0 aliphatic carbocycles. The number of nitrogens with zero attached hydrogens (tertiary/aromatic N) is 1. The molecule has 0 atom stereocenters. The van der Waals surface area contributed by atoms with Gasteiger partial charge in [0.1, 0.15) is 16.5 Å². The summed E-state index contributed by atoms with van der Waals surface area (Å²) in [5.74, 6) is 0.546. The highest BCUT2D eigenvalue weighted by atomic mass is 32.1. The molecule has 0 radical (unpaired) electrons. The van der Waals surface area contributed by atoms with Crippen molar-refractivity contribution in [1.82, 2.24) is 0 Å². The van der Waals surface area contributed by atoms with Gasteiger partial charge >= 0.3 is 0 Å². The lowest BCUT2D eigenvalue weighted by atomic mass is 9.97. The fraction of sp³-hybridized carbons (Fsp3) is 0.118. The number of thiophene rings is 1. The maximum absolute atomic E-state index is 11.7. The van der Waals surface area contributed by atoms with Crippen LogP contribution in [0.25, 0.3) is 21.3 Å². The lowest BCUT2D eigenvalue weighted by molar-refractivity contribution is -0.323. The average Bonchev–Trinajstić information content (AvgIpc) is 2.96. The number of amides is 1. The number of nitrogens with two attached hydrogens (primary N) is 3. The van der Waals surface area contributed by atoms with Crippen LogP contribution in [0.2, 0.25) is 0 Å². The number of pyridine rings is 1. The van der Waals surface area contributed by atoms with Crippen molar-refractivity contribution in [2.75, 3.05) is 25.7 Å². The van der Waals surface area contributed by atoms with E-state index in [0.29, 0.717) is 32.8 Å². The third-order valence-electron chi connectivity index (χ3n) is 3.97. The summed E-state index contributed by atoms with van der Waals surface area (Å²) in [6.07, 6.45) is 0. The molecule has 0 bridgehead atoms. The average molecular weight is 370 g/mol. The quantitative estimate of drug-likeness (QED) is 0.633. The maximum Gasteiger partial charge on any atom is 0.290 e. The highest BCUT2D eigenvalue weighted by molar-refractivity contribution is 7.20. The molecular weight excluding hydrogens is 354 g/mol. The molecule has 8 nitrogen and oxygen atoms in total. The van der Waals surface area contributed by atoms with Crippen molar-refractivity contribution < 1.29 is 19.3 Å². The lowest BCUT2D eigenvalue weighted by Gasteiger charge is -2.11. The summed E-state index contributed by atoms with van der Waals surface area (Å²) in [4.78, 5) is 15.3. The number of carbonyl (C=O) groups is 1. The fourth-order valence-corrected chi connectivity index (χ4v) is 3.80. The van der Waals surface area contributed by atoms with Gasteiger partial charge in [-0.15, -0.1) is 0 Å². The Hall–Kier alpha value is -3.51. The minimum absolute atomic E-state index is 0.169. The van der Waals surface area contributed by atoms with Crippen molar-refractivity contribution in [3.8, 4) is 28.7 Å². The van der Waals surface area contributed by atoms with E-state index < -0.39 is 5.91 Å². The maximum atomic E-state index is 11.7. The second-order valence-corrected chi connectivity index (χ2v) is 6.40. The molecule has 0 aliphatic heterocycles. The Labute approximate surface area is 152 Å². The summed E-state index contributed by atoms with van der Waals surface area (Å²) >= 11 is 1.09. The summed E-state index contributed by atoms with van der Waals surface area (Å²) in [6, 6.07) is 7.28. The van der Waals surface area contributed by atoms with Gasteiger partial charge in [-0.05, 0) is 17.7 Å². The molecule has 2 heterocycles. The molecule has 2 aromatic heterocycles. The molecule has 9 heteroatoms. The monoisotopic (exact) mass is 370 g/mol. The van der Waals surface area contributed by atoms with E-state index in [1.54, 1.807) is 18.2 Å². The van der Waals surface area contributed by atoms with Crippen molar-refractivity contribution in [2.45, 2.75) is 0 Å². The van der Waals surface area contributed by atoms with E-state index in [1.165, 1.54) is 14.2 Å². The predicted octanol–water partition coefficient (Wildman–Crippen LogP) is 1.53. The van der Waals surface area contributed by atoms with Crippen molar-refractivity contribution in [1.29, 1.82) is 5.26 Å². The second kappa shape index (κ2) is 6.42. The number of ether oxygens (including phenoxy) is 2. The summed E-state index contributed by atoms with van der Waals surface area (Å²) in [5.41, 5.74) is 19.1. The van der Waals surface area contributed by atoms with Gasteiger partial charge in [0.05, 0.1) is 25.3 Å². The molecule has 3 rings (SSSR count). The van der Waals surface area contributed by atoms with Gasteiger partial charge < -0.3 is 20.9 Å². The number of rotatable bonds is 4. The SMILES string of the molecule is COc1ccc(-c2c(C#N)c(N)[nH+]c3sc(C(N)=O)c(N)c23)cc1OC. The van der Waals surface area contributed by atoms with E-state index in [1.807, 2.05) is 0 Å². The van der Waals surface area contributed by atoms with E-state index in [0.717, 1.165) is 11.3 Å². The number of nitrogens with one attached hydrogen (secondary N) is 1. The molecule has 1 amide bonds. The molecule has 26 heavy (non-hydrogen) atoms. The Morgan fingerprint density at radius 1 is 1.23 bits per heavy atom. The van der Waals surface area contributed by atoms with Crippen LogP contribution in [0.15, 0.2) is 18.2 Å². The normalized spacial score (nSPS) is 10.5. The van der Waals surface area contributed by atoms with Gasteiger partial charge in [-0.25, -0.2) is 4.98 Å². The second-order valence-electron chi connectivity index (χ2n) is 5.38. The number of methoxy groups -OCH3 is 2. The van der Waals surface area contributed by atoms with Gasteiger partial charge in [-0.2, -0.15) is 5.26 Å². The molecule has 132 valence electrons. The molecular formula is C17H16N5O3S+. The first-order chi connectivity index (χ1) is 12.4. The predicted molar refractivity (Wildman–Crippen MR) is 99.0 cm³/mol. The third-order valence-corrected chi connectivity index (χ3v) is 5.11. The number of primary amides is 1. The van der Waals surface area contributed by atoms with E-state index in [2.05, 4.69) is 11.1 Å². The summed E-state index contributed by atoms with van der Waals surface area (Å²) in [5, 5.41) is 10.1. The van der Waals surface area contributed by atoms with Crippen LogP contribution in [-0.2, 0) is 0 Å². The zero-order chi connectivity index (χ0) is 19.0. The number of anilines is 2. The minimum Gasteiger partial charge on any atom is -0.493 e. The highest BCUT2D eigenvalue weighted by Gasteiger charge is 2.26. The number of H-pyrrole nitrogens is 1. The van der Waals surface area contributed by atoms with Gasteiger partial charge in [0.15, 0.2) is 16.3 Å². The van der Waals surface area contributed by atoms with Crippen LogP contribution in [0.1, 0.15) is 15.2 Å². The Kier molecular flexibility index (Phi) is 4.28. The zero-order valence-corrected chi connectivity index (χ0v) is 14.9. The summed E-state index contributed by atoms with van der Waals surface area (Å²) in [6.45, 7) is 0. The van der Waals surface area contributed by atoms with Crippen molar-refractivity contribution in [2.24, 2.45) is 5.73 Å². The number of fused-ring (bicyclic) bond motifs is 1. The van der Waals surface area contributed by atoms with Gasteiger partial charge in [0, 0.05) is 5.56 Å². The standard InChI is InChI=1S/C17H15N5O3S/c1-24-9-4-3-7(5-10(9)25-2)11-8(6-18)15(20)22-17-12(11)13(19)14(26-17)16(21)23/h3-5H,19H2,1-2H3,(H2,20,22)(H2,21,23)/p+1. The Balaban J connectivity index is 2.44. The number of nitriles is 1. The molecule has 3 aromatic rings. The number of aromatic amines is 1. The third kappa shape index (κ3) is 2.53. The first kappa shape index (κ1) is 17.3. The van der Waals surface area contributed by atoms with Crippen LogP contribution in [0.3, 0.4) is 0 Å². The molecule has 0 unspecified atom stereocenters. The molecule has 1 aromatic carbocycles. The van der Waals surface area contributed by atoms with Crippen LogP contribution in [0.4, 0.5) is 11.5 Å². The number of carbonyl (C=O) groups excluding carboxylic acids is 1. The largest absolute Gasteiger partial charge is 0.493 e. The van der Waals surface area contributed by atoms with Crippen molar-refractivity contribution in [3.05, 3.63) is 28.6 Å². The minimum atomic E-state index is -0.646. The van der Waals surface area contributed by atoms with Gasteiger partial charge in [-0.3, -0.25) is 10.5 Å². The fourth-order valence-electron chi connectivity index (χ4n) is 2.80. The van der Waals surface area contributed by atoms with Crippen molar-refractivity contribution in [3.63, 3.8) is 0 Å². The van der Waals surface area contributed by atoms with E-state index in [4.69, 9.17) is 26.7 Å². The van der Waals surface area contributed by atoms with Crippen molar-refractivity contribution >= 4 is 39.0 Å². The topological polar surface area (TPSA) is 152 Å². The number of hydrogen-bond acceptors (Lipinski definition) is 7. The molecule has 7 N–H and O–H groups in total. The Morgan fingerprint density at radius 3 is 2.50 bits per heavy atom. The lowest BCUT2D eigenvalue weighted by Crippen LogP contribution is -2.13. The van der Waals surface area contributed by atoms with Crippen LogP contribution >= 0.6 is 11.3 Å². The van der Waals surface area contributed by atoms with E-state index in [-0.39, 0.29) is 21.9 Å². The molecule has 0 aliphatic rings. The van der Waals surface area contributed by atoms with Crippen LogP contribution in [-0.4, -0.2) is 20.1 Å². The number of nitrogen functional groups attached to an aromatic ring is 2. The molecule has 0 saturated heterocycles. The highest BCUT2D eigenvalue weighted by Crippen LogP contribution is 2.42. The van der Waals surface area contributed by atoms with Gasteiger partial charge in [0.2, 0.25) is 0 Å². The summed E-state index contributed by atoms with van der Waals surface area (Å²) < 4.78 is 10.6.